The SMILES string of the molecule is Cc1ccnc(N2CCCC2c2ccco2)n1. The van der Waals surface area contributed by atoms with Gasteiger partial charge in [-0.1, -0.05) is 0 Å². The molecule has 1 atom stereocenters. The Hall–Kier alpha value is -1.84. The first kappa shape index (κ1) is 10.3. The van der Waals surface area contributed by atoms with Gasteiger partial charge >= 0.3 is 0 Å². The van der Waals surface area contributed by atoms with Gasteiger partial charge in [0.1, 0.15) is 5.76 Å². The summed E-state index contributed by atoms with van der Waals surface area (Å²) < 4.78 is 5.50. The molecule has 1 fully saturated rings. The molecule has 1 unspecified atom stereocenters. The number of hydrogen-bond acceptors (Lipinski definition) is 4. The Bertz CT molecular complexity index is 495. The number of aryl methyl sites for hydroxylation is 1. The Labute approximate surface area is 100 Å². The van der Waals surface area contributed by atoms with E-state index in [0.29, 0.717) is 0 Å². The molecular formula is C13H15N3O. The summed E-state index contributed by atoms with van der Waals surface area (Å²) in [4.78, 5) is 11.1. The van der Waals surface area contributed by atoms with Crippen molar-refractivity contribution in [3.05, 3.63) is 42.1 Å². The van der Waals surface area contributed by atoms with E-state index in [0.717, 1.165) is 36.8 Å². The summed E-state index contributed by atoms with van der Waals surface area (Å²) in [6.45, 7) is 2.98. The molecule has 0 amide bonds. The van der Waals surface area contributed by atoms with Crippen molar-refractivity contribution in [3.8, 4) is 0 Å². The molecule has 4 nitrogen and oxygen atoms in total. The Morgan fingerprint density at radius 3 is 3.12 bits per heavy atom. The maximum Gasteiger partial charge on any atom is 0.226 e. The van der Waals surface area contributed by atoms with Crippen LogP contribution in [0.3, 0.4) is 0 Å². The predicted octanol–water partition coefficient (Wildman–Crippen LogP) is 2.72. The van der Waals surface area contributed by atoms with Gasteiger partial charge in [-0.25, -0.2) is 9.97 Å². The molecule has 4 heteroatoms. The minimum Gasteiger partial charge on any atom is -0.467 e. The number of anilines is 1. The molecule has 1 saturated heterocycles. The molecular weight excluding hydrogens is 214 g/mol. The third kappa shape index (κ3) is 1.90. The van der Waals surface area contributed by atoms with Crippen molar-refractivity contribution in [1.29, 1.82) is 0 Å². The first-order chi connectivity index (χ1) is 8.34. The van der Waals surface area contributed by atoms with Crippen LogP contribution in [0.1, 0.15) is 30.3 Å². The molecule has 0 N–H and O–H groups in total. The average Bonchev–Trinajstić information content (AvgIpc) is 3.00. The normalized spacial score (nSPS) is 19.8. The molecule has 0 saturated carbocycles. The Kier molecular flexibility index (Phi) is 2.55. The van der Waals surface area contributed by atoms with Gasteiger partial charge in [0.25, 0.3) is 0 Å². The highest BCUT2D eigenvalue weighted by Gasteiger charge is 2.29. The number of hydrogen-bond donors (Lipinski definition) is 0. The van der Waals surface area contributed by atoms with Gasteiger partial charge in [0.05, 0.1) is 12.3 Å². The zero-order valence-electron chi connectivity index (χ0n) is 9.84. The molecule has 2 aromatic heterocycles. The van der Waals surface area contributed by atoms with Crippen LogP contribution in [0.4, 0.5) is 5.95 Å². The molecule has 88 valence electrons. The Morgan fingerprint density at radius 1 is 1.41 bits per heavy atom. The van der Waals surface area contributed by atoms with Crippen molar-refractivity contribution in [1.82, 2.24) is 9.97 Å². The fourth-order valence-corrected chi connectivity index (χ4v) is 2.36. The van der Waals surface area contributed by atoms with Crippen molar-refractivity contribution < 1.29 is 4.42 Å². The lowest BCUT2D eigenvalue weighted by molar-refractivity contribution is 0.463. The number of nitrogens with zero attached hydrogens (tertiary/aromatic N) is 3. The van der Waals surface area contributed by atoms with Gasteiger partial charge in [-0.05, 0) is 38.0 Å². The largest absolute Gasteiger partial charge is 0.467 e. The summed E-state index contributed by atoms with van der Waals surface area (Å²) in [6, 6.07) is 6.16. The molecule has 3 heterocycles. The van der Waals surface area contributed by atoms with Crippen molar-refractivity contribution >= 4 is 5.95 Å². The lowest BCUT2D eigenvalue weighted by atomic mass is 10.2. The molecule has 3 rings (SSSR count). The van der Waals surface area contributed by atoms with E-state index in [9.17, 15) is 0 Å². The molecule has 2 aromatic rings. The van der Waals surface area contributed by atoms with E-state index in [4.69, 9.17) is 4.42 Å². The summed E-state index contributed by atoms with van der Waals surface area (Å²) >= 11 is 0. The maximum atomic E-state index is 5.50. The lowest BCUT2D eigenvalue weighted by Crippen LogP contribution is -2.24. The van der Waals surface area contributed by atoms with Crippen LogP contribution >= 0.6 is 0 Å². The van der Waals surface area contributed by atoms with Crippen LogP contribution in [0.2, 0.25) is 0 Å². The molecule has 1 aliphatic rings. The lowest BCUT2D eigenvalue weighted by Gasteiger charge is -2.22. The van der Waals surface area contributed by atoms with Gasteiger partial charge in [-0.15, -0.1) is 0 Å². The van der Waals surface area contributed by atoms with E-state index in [-0.39, 0.29) is 6.04 Å². The highest BCUT2D eigenvalue weighted by Crippen LogP contribution is 2.34. The van der Waals surface area contributed by atoms with Crippen molar-refractivity contribution in [2.75, 3.05) is 11.4 Å². The monoisotopic (exact) mass is 229 g/mol. The molecule has 0 radical (unpaired) electrons. The predicted molar refractivity (Wildman–Crippen MR) is 64.8 cm³/mol. The zero-order chi connectivity index (χ0) is 11.7. The van der Waals surface area contributed by atoms with Crippen LogP contribution in [0, 0.1) is 6.92 Å². The van der Waals surface area contributed by atoms with Crippen molar-refractivity contribution in [2.24, 2.45) is 0 Å². The highest BCUT2D eigenvalue weighted by molar-refractivity contribution is 5.36. The summed E-state index contributed by atoms with van der Waals surface area (Å²) in [5.41, 5.74) is 1.00. The van der Waals surface area contributed by atoms with E-state index < -0.39 is 0 Å². The first-order valence-corrected chi connectivity index (χ1v) is 5.94. The smallest absolute Gasteiger partial charge is 0.226 e. The minimum atomic E-state index is 0.284. The second-order valence-corrected chi connectivity index (χ2v) is 4.36. The average molecular weight is 229 g/mol. The minimum absolute atomic E-state index is 0.284. The van der Waals surface area contributed by atoms with Crippen LogP contribution < -0.4 is 4.90 Å². The van der Waals surface area contributed by atoms with Gasteiger partial charge in [0.15, 0.2) is 0 Å². The molecule has 17 heavy (non-hydrogen) atoms. The Balaban J connectivity index is 1.92. The van der Waals surface area contributed by atoms with E-state index in [1.54, 1.807) is 6.26 Å². The summed E-state index contributed by atoms with van der Waals surface area (Å²) in [5, 5.41) is 0. The van der Waals surface area contributed by atoms with Crippen molar-refractivity contribution in [2.45, 2.75) is 25.8 Å². The van der Waals surface area contributed by atoms with Crippen LogP contribution in [0.5, 0.6) is 0 Å². The van der Waals surface area contributed by atoms with Gasteiger partial charge in [0, 0.05) is 18.4 Å². The fraction of sp³-hybridized carbons (Fsp3) is 0.385. The summed E-state index contributed by atoms with van der Waals surface area (Å²) in [7, 11) is 0. The van der Waals surface area contributed by atoms with Crippen LogP contribution in [-0.2, 0) is 0 Å². The summed E-state index contributed by atoms with van der Waals surface area (Å²) in [5.74, 6) is 1.82. The van der Waals surface area contributed by atoms with Gasteiger partial charge < -0.3 is 9.32 Å². The quantitative estimate of drug-likeness (QED) is 0.794. The second-order valence-electron chi connectivity index (χ2n) is 4.36. The Morgan fingerprint density at radius 2 is 2.35 bits per heavy atom. The van der Waals surface area contributed by atoms with E-state index in [2.05, 4.69) is 14.9 Å². The number of furan rings is 1. The number of aromatic nitrogens is 2. The van der Waals surface area contributed by atoms with Crippen molar-refractivity contribution in [3.63, 3.8) is 0 Å². The van der Waals surface area contributed by atoms with Gasteiger partial charge in [-0.2, -0.15) is 0 Å². The van der Waals surface area contributed by atoms with E-state index in [1.165, 1.54) is 0 Å². The third-order valence-electron chi connectivity index (χ3n) is 3.16. The van der Waals surface area contributed by atoms with Crippen LogP contribution in [0.15, 0.2) is 35.1 Å². The third-order valence-corrected chi connectivity index (χ3v) is 3.16. The molecule has 0 bridgehead atoms. The highest BCUT2D eigenvalue weighted by atomic mass is 16.3. The molecule has 1 aliphatic heterocycles. The molecule has 0 spiro atoms. The standard InChI is InChI=1S/C13H15N3O/c1-10-6-7-14-13(15-10)16-8-2-4-11(16)12-5-3-9-17-12/h3,5-7,9,11H,2,4,8H2,1H3. The summed E-state index contributed by atoms with van der Waals surface area (Å²) in [6.07, 6.45) is 5.80. The van der Waals surface area contributed by atoms with Gasteiger partial charge in [-0.3, -0.25) is 0 Å². The zero-order valence-corrected chi connectivity index (χ0v) is 9.84. The van der Waals surface area contributed by atoms with Gasteiger partial charge in [0.2, 0.25) is 5.95 Å². The second kappa shape index (κ2) is 4.20. The van der Waals surface area contributed by atoms with Crippen LogP contribution in [0.25, 0.3) is 0 Å². The topological polar surface area (TPSA) is 42.2 Å². The van der Waals surface area contributed by atoms with Crippen LogP contribution in [-0.4, -0.2) is 16.5 Å². The molecule has 0 aromatic carbocycles. The number of rotatable bonds is 2. The first-order valence-electron chi connectivity index (χ1n) is 5.94. The molecule has 0 aliphatic carbocycles. The van der Waals surface area contributed by atoms with E-state index >= 15 is 0 Å². The fourth-order valence-electron chi connectivity index (χ4n) is 2.36. The maximum absolute atomic E-state index is 5.50. The van der Waals surface area contributed by atoms with E-state index in [1.807, 2.05) is 31.3 Å².